The fraction of sp³-hybridized carbons (Fsp3) is 0.538. The summed E-state index contributed by atoms with van der Waals surface area (Å²) >= 11 is 6.06. The number of alkyl halides is 1. The van der Waals surface area contributed by atoms with Crippen molar-refractivity contribution in [3.05, 3.63) is 29.8 Å². The molecule has 1 N–H and O–H groups in total. The number of hydrogen-bond acceptors (Lipinski definition) is 3. The van der Waals surface area contributed by atoms with Gasteiger partial charge in [-0.25, -0.2) is 13.1 Å². The van der Waals surface area contributed by atoms with E-state index in [2.05, 4.69) is 4.72 Å². The Morgan fingerprint density at radius 2 is 1.84 bits per heavy atom. The minimum absolute atomic E-state index is 0.110. The Bertz CT molecular complexity index is 485. The lowest BCUT2D eigenvalue weighted by molar-refractivity contribution is 0.197. The first kappa shape index (κ1) is 16.4. The number of rotatable bonds is 7. The second kappa shape index (κ2) is 7.24. The molecule has 108 valence electrons. The highest BCUT2D eigenvalue weighted by molar-refractivity contribution is 7.89. The molecule has 1 unspecified atom stereocenters. The Kier molecular flexibility index (Phi) is 6.26. The molecule has 4 nitrogen and oxygen atoms in total. The summed E-state index contributed by atoms with van der Waals surface area (Å²) in [6.45, 7) is 4.04. The van der Waals surface area contributed by atoms with Crippen molar-refractivity contribution < 1.29 is 13.2 Å². The maximum absolute atomic E-state index is 11.9. The lowest BCUT2D eigenvalue weighted by Crippen LogP contribution is -2.30. The molecule has 6 heteroatoms. The van der Waals surface area contributed by atoms with Crippen LogP contribution in [0.4, 0.5) is 0 Å². The lowest BCUT2D eigenvalue weighted by Gasteiger charge is -2.11. The highest BCUT2D eigenvalue weighted by Crippen LogP contribution is 2.14. The van der Waals surface area contributed by atoms with Gasteiger partial charge in [0.05, 0.1) is 16.9 Å². The topological polar surface area (TPSA) is 55.4 Å². The summed E-state index contributed by atoms with van der Waals surface area (Å²) in [5, 5.41) is -0.110. The number of sulfonamides is 1. The summed E-state index contributed by atoms with van der Waals surface area (Å²) in [4.78, 5) is 0.266. The molecular weight excluding hydrogens is 286 g/mol. The van der Waals surface area contributed by atoms with Crippen LogP contribution in [0.15, 0.2) is 29.2 Å². The average molecular weight is 306 g/mol. The number of methoxy groups -OCH3 is 1. The molecule has 0 bridgehead atoms. The molecule has 0 radical (unpaired) electrons. The normalized spacial score (nSPS) is 13.7. The fourth-order valence-electron chi connectivity index (χ4n) is 1.68. The van der Waals surface area contributed by atoms with E-state index in [9.17, 15) is 8.42 Å². The van der Waals surface area contributed by atoms with Gasteiger partial charge in [0, 0.05) is 13.2 Å². The molecule has 1 aromatic rings. The summed E-state index contributed by atoms with van der Waals surface area (Å²) in [6, 6.07) is 6.62. The Morgan fingerprint density at radius 1 is 1.26 bits per heavy atom. The van der Waals surface area contributed by atoms with Crippen LogP contribution in [0, 0.1) is 0 Å². The van der Waals surface area contributed by atoms with Crippen molar-refractivity contribution >= 4 is 21.6 Å². The summed E-state index contributed by atoms with van der Waals surface area (Å²) in [6.07, 6.45) is 0.646. The molecule has 1 atom stereocenters. The van der Waals surface area contributed by atoms with Gasteiger partial charge in [0.15, 0.2) is 0 Å². The SMILES string of the molecule is COCC(Cl)Cc1ccc(S(=O)(=O)NC(C)C)cc1. The van der Waals surface area contributed by atoms with Gasteiger partial charge in [-0.2, -0.15) is 0 Å². The largest absolute Gasteiger partial charge is 0.383 e. The van der Waals surface area contributed by atoms with E-state index in [4.69, 9.17) is 16.3 Å². The molecule has 0 saturated carbocycles. The summed E-state index contributed by atoms with van der Waals surface area (Å²) in [5.41, 5.74) is 0.987. The van der Waals surface area contributed by atoms with Gasteiger partial charge >= 0.3 is 0 Å². The van der Waals surface area contributed by atoms with Crippen LogP contribution in [-0.4, -0.2) is 33.6 Å². The van der Waals surface area contributed by atoms with E-state index in [0.717, 1.165) is 5.56 Å². The number of halogens is 1. The van der Waals surface area contributed by atoms with Crippen molar-refractivity contribution in [2.75, 3.05) is 13.7 Å². The van der Waals surface area contributed by atoms with Gasteiger partial charge in [0.25, 0.3) is 0 Å². The highest BCUT2D eigenvalue weighted by atomic mass is 35.5. The van der Waals surface area contributed by atoms with Crippen LogP contribution in [0.3, 0.4) is 0 Å². The van der Waals surface area contributed by atoms with Crippen LogP contribution in [0.1, 0.15) is 19.4 Å². The molecular formula is C13H20ClNO3S. The molecule has 1 rings (SSSR count). The first-order chi connectivity index (χ1) is 8.85. The maximum Gasteiger partial charge on any atom is 0.240 e. The number of ether oxygens (including phenoxy) is 1. The second-order valence-electron chi connectivity index (χ2n) is 4.68. The number of nitrogens with one attached hydrogen (secondary N) is 1. The third kappa shape index (κ3) is 5.48. The van der Waals surface area contributed by atoms with Gasteiger partial charge in [0.2, 0.25) is 10.0 Å². The zero-order valence-corrected chi connectivity index (χ0v) is 13.0. The minimum Gasteiger partial charge on any atom is -0.383 e. The Balaban J connectivity index is 2.76. The van der Waals surface area contributed by atoms with E-state index in [1.807, 2.05) is 0 Å². The van der Waals surface area contributed by atoms with Crippen molar-refractivity contribution in [2.24, 2.45) is 0 Å². The van der Waals surface area contributed by atoms with Crippen molar-refractivity contribution in [3.8, 4) is 0 Å². The maximum atomic E-state index is 11.9. The first-order valence-corrected chi connectivity index (χ1v) is 8.01. The molecule has 0 fully saturated rings. The van der Waals surface area contributed by atoms with E-state index in [0.29, 0.717) is 13.0 Å². The smallest absolute Gasteiger partial charge is 0.240 e. The molecule has 1 aromatic carbocycles. The highest BCUT2D eigenvalue weighted by Gasteiger charge is 2.15. The lowest BCUT2D eigenvalue weighted by atomic mass is 10.1. The van der Waals surface area contributed by atoms with Crippen molar-refractivity contribution in [3.63, 3.8) is 0 Å². The minimum atomic E-state index is -3.42. The molecule has 0 saturated heterocycles. The Labute approximate surface area is 120 Å². The predicted molar refractivity (Wildman–Crippen MR) is 77.1 cm³/mol. The van der Waals surface area contributed by atoms with E-state index in [-0.39, 0.29) is 16.3 Å². The zero-order valence-electron chi connectivity index (χ0n) is 11.4. The average Bonchev–Trinajstić information content (AvgIpc) is 2.28. The quantitative estimate of drug-likeness (QED) is 0.786. The van der Waals surface area contributed by atoms with Crippen LogP contribution in [-0.2, 0) is 21.2 Å². The van der Waals surface area contributed by atoms with Gasteiger partial charge in [-0.05, 0) is 38.0 Å². The molecule has 0 aromatic heterocycles. The van der Waals surface area contributed by atoms with E-state index < -0.39 is 10.0 Å². The molecule has 0 aliphatic rings. The van der Waals surface area contributed by atoms with Gasteiger partial charge < -0.3 is 4.74 Å². The molecule has 0 aliphatic carbocycles. The second-order valence-corrected chi connectivity index (χ2v) is 7.01. The Morgan fingerprint density at radius 3 is 2.32 bits per heavy atom. The van der Waals surface area contributed by atoms with E-state index in [1.54, 1.807) is 45.2 Å². The van der Waals surface area contributed by atoms with Gasteiger partial charge in [-0.15, -0.1) is 11.6 Å². The zero-order chi connectivity index (χ0) is 14.5. The standard InChI is InChI=1S/C13H20ClNO3S/c1-10(2)15-19(16,17)13-6-4-11(5-7-13)8-12(14)9-18-3/h4-7,10,12,15H,8-9H2,1-3H3. The monoisotopic (exact) mass is 305 g/mol. The summed E-state index contributed by atoms with van der Waals surface area (Å²) < 4.78 is 31.3. The summed E-state index contributed by atoms with van der Waals surface area (Å²) in [5.74, 6) is 0. The van der Waals surface area contributed by atoms with Crippen LogP contribution in [0.2, 0.25) is 0 Å². The van der Waals surface area contributed by atoms with E-state index >= 15 is 0 Å². The van der Waals surface area contributed by atoms with Gasteiger partial charge in [-0.3, -0.25) is 0 Å². The first-order valence-electron chi connectivity index (χ1n) is 6.09. The predicted octanol–water partition coefficient (Wildman–Crippen LogP) is 2.17. The number of benzene rings is 1. The molecule has 0 heterocycles. The van der Waals surface area contributed by atoms with Crippen molar-refractivity contribution in [1.29, 1.82) is 0 Å². The molecule has 0 spiro atoms. The van der Waals surface area contributed by atoms with Gasteiger partial charge in [-0.1, -0.05) is 12.1 Å². The molecule has 19 heavy (non-hydrogen) atoms. The number of hydrogen-bond donors (Lipinski definition) is 1. The fourth-order valence-corrected chi connectivity index (χ4v) is 3.23. The van der Waals surface area contributed by atoms with Crippen LogP contribution >= 0.6 is 11.6 Å². The van der Waals surface area contributed by atoms with Gasteiger partial charge in [0.1, 0.15) is 0 Å². The Hall–Kier alpha value is -0.620. The van der Waals surface area contributed by atoms with Crippen molar-refractivity contribution in [1.82, 2.24) is 4.72 Å². The summed E-state index contributed by atoms with van der Waals surface area (Å²) in [7, 11) is -1.82. The van der Waals surface area contributed by atoms with Crippen LogP contribution in [0.25, 0.3) is 0 Å². The van der Waals surface area contributed by atoms with Crippen LogP contribution < -0.4 is 4.72 Å². The molecule has 0 amide bonds. The van der Waals surface area contributed by atoms with Crippen LogP contribution in [0.5, 0.6) is 0 Å². The molecule has 0 aliphatic heterocycles. The third-order valence-electron chi connectivity index (χ3n) is 2.43. The third-order valence-corrected chi connectivity index (χ3v) is 4.38. The van der Waals surface area contributed by atoms with Crippen molar-refractivity contribution in [2.45, 2.75) is 36.6 Å². The van der Waals surface area contributed by atoms with E-state index in [1.165, 1.54) is 0 Å².